The van der Waals surface area contributed by atoms with Crippen LogP contribution in [-0.2, 0) is 4.74 Å². The van der Waals surface area contributed by atoms with E-state index in [9.17, 15) is 0 Å². The Morgan fingerprint density at radius 2 is 2.00 bits per heavy atom. The Labute approximate surface area is 126 Å². The average molecular weight is 293 g/mol. The van der Waals surface area contributed by atoms with Gasteiger partial charge >= 0.3 is 0 Å². The Morgan fingerprint density at radius 3 is 2.65 bits per heavy atom. The van der Waals surface area contributed by atoms with E-state index in [0.29, 0.717) is 24.3 Å². The lowest BCUT2D eigenvalue weighted by molar-refractivity contribution is 0.00196. The Balaban J connectivity index is 1.66. The molecule has 3 nitrogen and oxygen atoms in total. The number of hydrogen-bond donors (Lipinski definition) is 1. The number of benzene rings is 1. The third-order valence-electron chi connectivity index (χ3n) is 3.73. The van der Waals surface area contributed by atoms with Crippen molar-refractivity contribution in [1.29, 1.82) is 0 Å². The van der Waals surface area contributed by atoms with Crippen LogP contribution >= 0.6 is 12.2 Å². The number of nitrogens with two attached hydrogens (primary N) is 1. The molecule has 1 aliphatic carbocycles. The summed E-state index contributed by atoms with van der Waals surface area (Å²) in [4.78, 5) is 0.409. The van der Waals surface area contributed by atoms with E-state index in [-0.39, 0.29) is 0 Å². The molecule has 1 fully saturated rings. The van der Waals surface area contributed by atoms with E-state index in [1.165, 1.54) is 25.7 Å². The molecule has 2 unspecified atom stereocenters. The monoisotopic (exact) mass is 293 g/mol. The van der Waals surface area contributed by atoms with Crippen molar-refractivity contribution in [1.82, 2.24) is 0 Å². The van der Waals surface area contributed by atoms with Gasteiger partial charge in [-0.3, -0.25) is 0 Å². The molecule has 1 saturated carbocycles. The van der Waals surface area contributed by atoms with Crippen LogP contribution in [0.2, 0.25) is 0 Å². The van der Waals surface area contributed by atoms with Crippen molar-refractivity contribution in [2.45, 2.75) is 38.7 Å². The SMILES string of the molecule is CC1CCCC(OCCOc2ccc(C(N)=S)cc2)C1. The van der Waals surface area contributed by atoms with Crippen molar-refractivity contribution >= 4 is 17.2 Å². The maximum atomic E-state index is 5.87. The molecule has 0 aromatic heterocycles. The van der Waals surface area contributed by atoms with Crippen molar-refractivity contribution in [3.05, 3.63) is 29.8 Å². The van der Waals surface area contributed by atoms with Crippen LogP contribution in [0, 0.1) is 5.92 Å². The first-order chi connectivity index (χ1) is 9.65. The van der Waals surface area contributed by atoms with Gasteiger partial charge in [-0.1, -0.05) is 32.0 Å². The zero-order valence-corrected chi connectivity index (χ0v) is 12.8. The topological polar surface area (TPSA) is 44.5 Å². The quantitative estimate of drug-likeness (QED) is 0.645. The van der Waals surface area contributed by atoms with Gasteiger partial charge in [0.2, 0.25) is 0 Å². The molecule has 20 heavy (non-hydrogen) atoms. The summed E-state index contributed by atoms with van der Waals surface area (Å²) in [7, 11) is 0. The molecule has 2 N–H and O–H groups in total. The fourth-order valence-corrected chi connectivity index (χ4v) is 2.76. The van der Waals surface area contributed by atoms with Crippen molar-refractivity contribution in [2.75, 3.05) is 13.2 Å². The lowest BCUT2D eigenvalue weighted by Gasteiger charge is -2.26. The lowest BCUT2D eigenvalue weighted by Crippen LogP contribution is -2.23. The highest BCUT2D eigenvalue weighted by molar-refractivity contribution is 7.80. The first-order valence-electron chi connectivity index (χ1n) is 7.29. The van der Waals surface area contributed by atoms with Crippen LogP contribution in [0.3, 0.4) is 0 Å². The second-order valence-electron chi connectivity index (χ2n) is 5.50. The smallest absolute Gasteiger partial charge is 0.119 e. The normalized spacial score (nSPS) is 22.4. The van der Waals surface area contributed by atoms with Gasteiger partial charge in [-0.05, 0) is 43.0 Å². The standard InChI is InChI=1S/C16H23NO2S/c1-12-3-2-4-15(11-12)19-10-9-18-14-7-5-13(6-8-14)16(17)20/h5-8,12,15H,2-4,9-11H2,1H3,(H2,17,20). The van der Waals surface area contributed by atoms with E-state index in [1.807, 2.05) is 24.3 Å². The summed E-state index contributed by atoms with van der Waals surface area (Å²) >= 11 is 4.91. The zero-order chi connectivity index (χ0) is 14.4. The number of thiocarbonyl (C=S) groups is 1. The first kappa shape index (κ1) is 15.3. The molecule has 1 aromatic carbocycles. The molecule has 4 heteroatoms. The van der Waals surface area contributed by atoms with Gasteiger partial charge in [0, 0.05) is 5.56 Å². The third kappa shape index (κ3) is 4.76. The molecule has 1 aliphatic rings. The zero-order valence-electron chi connectivity index (χ0n) is 12.0. The second kappa shape index (κ2) is 7.60. The molecule has 0 amide bonds. The van der Waals surface area contributed by atoms with E-state index in [0.717, 1.165) is 17.2 Å². The molecule has 0 heterocycles. The van der Waals surface area contributed by atoms with Gasteiger partial charge in [0.25, 0.3) is 0 Å². The Bertz CT molecular complexity index is 433. The highest BCUT2D eigenvalue weighted by atomic mass is 32.1. The highest BCUT2D eigenvalue weighted by Gasteiger charge is 2.18. The van der Waals surface area contributed by atoms with Gasteiger partial charge < -0.3 is 15.2 Å². The molecule has 2 atom stereocenters. The van der Waals surface area contributed by atoms with Gasteiger partial charge in [-0.15, -0.1) is 0 Å². The Kier molecular flexibility index (Phi) is 5.80. The molecule has 0 aliphatic heterocycles. The number of ether oxygens (including phenoxy) is 2. The van der Waals surface area contributed by atoms with Crippen LogP contribution in [0.1, 0.15) is 38.2 Å². The molecule has 0 bridgehead atoms. The summed E-state index contributed by atoms with van der Waals surface area (Å²) < 4.78 is 11.5. The molecular formula is C16H23NO2S. The van der Waals surface area contributed by atoms with Crippen LogP contribution in [0.5, 0.6) is 5.75 Å². The minimum atomic E-state index is 0.409. The van der Waals surface area contributed by atoms with Crippen LogP contribution in [0.25, 0.3) is 0 Å². The Morgan fingerprint density at radius 1 is 1.25 bits per heavy atom. The molecule has 0 saturated heterocycles. The van der Waals surface area contributed by atoms with Crippen molar-refractivity contribution in [3.8, 4) is 5.75 Å². The summed E-state index contributed by atoms with van der Waals surface area (Å²) in [6.45, 7) is 3.53. The van der Waals surface area contributed by atoms with Crippen molar-refractivity contribution in [3.63, 3.8) is 0 Å². The molecule has 1 aromatic rings. The minimum absolute atomic E-state index is 0.409. The minimum Gasteiger partial charge on any atom is -0.491 e. The lowest BCUT2D eigenvalue weighted by atomic mass is 9.89. The van der Waals surface area contributed by atoms with Crippen LogP contribution in [0.15, 0.2) is 24.3 Å². The van der Waals surface area contributed by atoms with Crippen LogP contribution < -0.4 is 10.5 Å². The van der Waals surface area contributed by atoms with Gasteiger partial charge in [-0.25, -0.2) is 0 Å². The van der Waals surface area contributed by atoms with E-state index in [4.69, 9.17) is 27.4 Å². The molecule has 2 rings (SSSR count). The van der Waals surface area contributed by atoms with Gasteiger partial charge in [0.05, 0.1) is 12.7 Å². The van der Waals surface area contributed by atoms with Gasteiger partial charge in [0.1, 0.15) is 17.3 Å². The van der Waals surface area contributed by atoms with E-state index in [2.05, 4.69) is 6.92 Å². The molecular weight excluding hydrogens is 270 g/mol. The maximum Gasteiger partial charge on any atom is 0.119 e. The van der Waals surface area contributed by atoms with E-state index in [1.54, 1.807) is 0 Å². The van der Waals surface area contributed by atoms with E-state index < -0.39 is 0 Å². The summed E-state index contributed by atoms with van der Waals surface area (Å²) in [6.07, 6.45) is 5.41. The average Bonchev–Trinajstić information content (AvgIpc) is 2.44. The summed E-state index contributed by atoms with van der Waals surface area (Å²) in [5.41, 5.74) is 6.41. The molecule has 0 radical (unpaired) electrons. The summed E-state index contributed by atoms with van der Waals surface area (Å²) in [5.74, 6) is 1.62. The molecule has 110 valence electrons. The van der Waals surface area contributed by atoms with Crippen molar-refractivity contribution < 1.29 is 9.47 Å². The summed E-state index contributed by atoms with van der Waals surface area (Å²) in [6, 6.07) is 7.52. The molecule has 0 spiro atoms. The van der Waals surface area contributed by atoms with Crippen LogP contribution in [0.4, 0.5) is 0 Å². The van der Waals surface area contributed by atoms with Gasteiger partial charge in [-0.2, -0.15) is 0 Å². The fraction of sp³-hybridized carbons (Fsp3) is 0.562. The predicted octanol–water partition coefficient (Wildman–Crippen LogP) is 3.29. The summed E-state index contributed by atoms with van der Waals surface area (Å²) in [5, 5.41) is 0. The van der Waals surface area contributed by atoms with Gasteiger partial charge in [0.15, 0.2) is 0 Å². The number of rotatable bonds is 6. The second-order valence-corrected chi connectivity index (χ2v) is 5.94. The Hall–Kier alpha value is -1.13. The fourth-order valence-electron chi connectivity index (χ4n) is 2.62. The maximum absolute atomic E-state index is 5.87. The highest BCUT2D eigenvalue weighted by Crippen LogP contribution is 2.25. The number of hydrogen-bond acceptors (Lipinski definition) is 3. The predicted molar refractivity (Wildman–Crippen MR) is 85.2 cm³/mol. The van der Waals surface area contributed by atoms with E-state index >= 15 is 0 Å². The van der Waals surface area contributed by atoms with Crippen molar-refractivity contribution in [2.24, 2.45) is 11.7 Å². The first-order valence-corrected chi connectivity index (χ1v) is 7.70. The third-order valence-corrected chi connectivity index (χ3v) is 3.97. The van der Waals surface area contributed by atoms with Crippen LogP contribution in [-0.4, -0.2) is 24.3 Å². The largest absolute Gasteiger partial charge is 0.491 e.